The van der Waals surface area contributed by atoms with E-state index in [1.54, 1.807) is 14.2 Å². The summed E-state index contributed by atoms with van der Waals surface area (Å²) in [6.45, 7) is 0.651. The molecule has 0 radical (unpaired) electrons. The van der Waals surface area contributed by atoms with E-state index in [1.807, 2.05) is 30.0 Å². The number of hydrogen-bond donors (Lipinski definition) is 2. The standard InChI is InChI=1S/C16H24ClN3OS/c1-18-16(20-13-6-7-14(9-13)22-3)19-10-11-4-5-12(17)8-15(11)21-2/h4-5,8,13-14H,6-7,9-10H2,1-3H3,(H2,18,19,20). The zero-order valence-corrected chi connectivity index (χ0v) is 14.9. The maximum absolute atomic E-state index is 5.99. The van der Waals surface area contributed by atoms with Crippen molar-refractivity contribution < 1.29 is 4.74 Å². The number of rotatable bonds is 5. The van der Waals surface area contributed by atoms with Crippen molar-refractivity contribution in [2.24, 2.45) is 4.99 Å². The average Bonchev–Trinajstić information content (AvgIpc) is 2.99. The molecule has 0 aliphatic heterocycles. The highest BCUT2D eigenvalue weighted by atomic mass is 35.5. The molecule has 2 atom stereocenters. The van der Waals surface area contributed by atoms with Crippen molar-refractivity contribution in [3.8, 4) is 5.75 Å². The molecular formula is C16H24ClN3OS. The molecule has 0 spiro atoms. The van der Waals surface area contributed by atoms with Crippen molar-refractivity contribution in [3.63, 3.8) is 0 Å². The minimum Gasteiger partial charge on any atom is -0.496 e. The van der Waals surface area contributed by atoms with Gasteiger partial charge in [-0.15, -0.1) is 0 Å². The Hall–Kier alpha value is -1.07. The molecule has 1 aromatic rings. The van der Waals surface area contributed by atoms with Crippen LogP contribution in [0.25, 0.3) is 0 Å². The van der Waals surface area contributed by atoms with Crippen LogP contribution in [0.3, 0.4) is 0 Å². The Bertz CT molecular complexity index is 524. The fourth-order valence-corrected chi connectivity index (χ4v) is 3.68. The van der Waals surface area contributed by atoms with Crippen molar-refractivity contribution >= 4 is 29.3 Å². The summed E-state index contributed by atoms with van der Waals surface area (Å²) in [6.07, 6.45) is 5.87. The fraction of sp³-hybridized carbons (Fsp3) is 0.562. The molecule has 1 aliphatic rings. The number of aliphatic imine (C=N–C) groups is 1. The van der Waals surface area contributed by atoms with E-state index < -0.39 is 0 Å². The van der Waals surface area contributed by atoms with E-state index in [-0.39, 0.29) is 0 Å². The lowest BCUT2D eigenvalue weighted by molar-refractivity contribution is 0.409. The summed E-state index contributed by atoms with van der Waals surface area (Å²) in [7, 11) is 3.46. The van der Waals surface area contributed by atoms with E-state index in [0.717, 1.165) is 22.5 Å². The highest BCUT2D eigenvalue weighted by Crippen LogP contribution is 2.28. The van der Waals surface area contributed by atoms with Gasteiger partial charge in [-0.2, -0.15) is 11.8 Å². The van der Waals surface area contributed by atoms with Crippen LogP contribution in [0, 0.1) is 0 Å². The maximum Gasteiger partial charge on any atom is 0.191 e. The second-order valence-corrected chi connectivity index (χ2v) is 6.97. The molecule has 0 saturated heterocycles. The quantitative estimate of drug-likeness (QED) is 0.637. The number of guanidine groups is 1. The van der Waals surface area contributed by atoms with E-state index in [4.69, 9.17) is 16.3 Å². The number of thioether (sulfide) groups is 1. The lowest BCUT2D eigenvalue weighted by atomic mass is 10.2. The summed E-state index contributed by atoms with van der Waals surface area (Å²) < 4.78 is 5.37. The Balaban J connectivity index is 1.89. The van der Waals surface area contributed by atoms with Crippen LogP contribution in [0.15, 0.2) is 23.2 Å². The first kappa shape index (κ1) is 17.3. The number of hydrogen-bond acceptors (Lipinski definition) is 3. The molecule has 2 unspecified atom stereocenters. The van der Waals surface area contributed by atoms with Crippen molar-refractivity contribution in [1.82, 2.24) is 10.6 Å². The van der Waals surface area contributed by atoms with Crippen LogP contribution in [0.1, 0.15) is 24.8 Å². The molecule has 4 nitrogen and oxygen atoms in total. The third kappa shape index (κ3) is 4.71. The summed E-state index contributed by atoms with van der Waals surface area (Å²) in [5.41, 5.74) is 1.06. The SMILES string of the molecule is CN=C(NCc1ccc(Cl)cc1OC)NC1CCC(SC)C1. The van der Waals surface area contributed by atoms with Gasteiger partial charge >= 0.3 is 0 Å². The van der Waals surface area contributed by atoms with Crippen molar-refractivity contribution in [3.05, 3.63) is 28.8 Å². The number of nitrogens with zero attached hydrogens (tertiary/aromatic N) is 1. The average molecular weight is 342 g/mol. The zero-order valence-electron chi connectivity index (χ0n) is 13.4. The van der Waals surface area contributed by atoms with Crippen molar-refractivity contribution in [2.45, 2.75) is 37.1 Å². The van der Waals surface area contributed by atoms with Crippen LogP contribution in [-0.4, -0.2) is 37.7 Å². The molecule has 0 heterocycles. The first-order chi connectivity index (χ1) is 10.7. The third-order valence-electron chi connectivity index (χ3n) is 3.98. The molecular weight excluding hydrogens is 318 g/mol. The minimum absolute atomic E-state index is 0.510. The Labute approximate surface area is 142 Å². The highest BCUT2D eigenvalue weighted by Gasteiger charge is 2.24. The van der Waals surface area contributed by atoms with Crippen LogP contribution >= 0.6 is 23.4 Å². The van der Waals surface area contributed by atoms with E-state index in [2.05, 4.69) is 21.9 Å². The van der Waals surface area contributed by atoms with Gasteiger partial charge in [0.15, 0.2) is 5.96 Å². The predicted octanol–water partition coefficient (Wildman–Crippen LogP) is 3.30. The van der Waals surface area contributed by atoms with Crippen LogP contribution in [0.2, 0.25) is 5.02 Å². The first-order valence-corrected chi connectivity index (χ1v) is 9.15. The number of ether oxygens (including phenoxy) is 1. The second kappa shape index (κ2) is 8.53. The van der Waals surface area contributed by atoms with Crippen LogP contribution in [0.4, 0.5) is 0 Å². The van der Waals surface area contributed by atoms with Gasteiger partial charge in [0.1, 0.15) is 5.75 Å². The van der Waals surface area contributed by atoms with Gasteiger partial charge in [0, 0.05) is 35.5 Å². The third-order valence-corrected chi connectivity index (χ3v) is 5.31. The molecule has 1 aliphatic carbocycles. The molecule has 2 rings (SSSR count). The first-order valence-electron chi connectivity index (χ1n) is 7.48. The Morgan fingerprint density at radius 1 is 1.45 bits per heavy atom. The molecule has 1 aromatic carbocycles. The zero-order chi connectivity index (χ0) is 15.9. The van der Waals surface area contributed by atoms with Crippen molar-refractivity contribution in [2.75, 3.05) is 20.4 Å². The molecule has 122 valence electrons. The number of benzene rings is 1. The summed E-state index contributed by atoms with van der Waals surface area (Å²) >= 11 is 7.95. The molecule has 1 saturated carbocycles. The fourth-order valence-electron chi connectivity index (χ4n) is 2.72. The summed E-state index contributed by atoms with van der Waals surface area (Å²) in [4.78, 5) is 4.31. The molecule has 0 bridgehead atoms. The van der Waals surface area contributed by atoms with E-state index in [9.17, 15) is 0 Å². The van der Waals surface area contributed by atoms with Crippen molar-refractivity contribution in [1.29, 1.82) is 0 Å². The van der Waals surface area contributed by atoms with Gasteiger partial charge in [-0.25, -0.2) is 0 Å². The molecule has 1 fully saturated rings. The summed E-state index contributed by atoms with van der Waals surface area (Å²) in [5.74, 6) is 1.63. The minimum atomic E-state index is 0.510. The van der Waals surface area contributed by atoms with Gasteiger partial charge in [0.05, 0.1) is 7.11 Å². The van der Waals surface area contributed by atoms with Crippen LogP contribution in [0.5, 0.6) is 5.75 Å². The Kier molecular flexibility index (Phi) is 6.70. The topological polar surface area (TPSA) is 45.7 Å². The maximum atomic E-state index is 5.99. The normalized spacial score (nSPS) is 21.7. The van der Waals surface area contributed by atoms with Gasteiger partial charge < -0.3 is 15.4 Å². The van der Waals surface area contributed by atoms with Gasteiger partial charge in [0.25, 0.3) is 0 Å². The van der Waals surface area contributed by atoms with Gasteiger partial charge in [-0.1, -0.05) is 17.7 Å². The summed E-state index contributed by atoms with van der Waals surface area (Å²) in [5, 5.41) is 8.30. The summed E-state index contributed by atoms with van der Waals surface area (Å²) in [6, 6.07) is 6.18. The Morgan fingerprint density at radius 3 is 2.91 bits per heavy atom. The smallest absolute Gasteiger partial charge is 0.191 e. The predicted molar refractivity (Wildman–Crippen MR) is 96.3 cm³/mol. The van der Waals surface area contributed by atoms with Gasteiger partial charge in [-0.3, -0.25) is 4.99 Å². The van der Waals surface area contributed by atoms with E-state index in [0.29, 0.717) is 17.6 Å². The molecule has 6 heteroatoms. The monoisotopic (exact) mass is 341 g/mol. The molecule has 0 aromatic heterocycles. The van der Waals surface area contributed by atoms with Gasteiger partial charge in [-0.05, 0) is 37.7 Å². The van der Waals surface area contributed by atoms with Gasteiger partial charge in [0.2, 0.25) is 0 Å². The highest BCUT2D eigenvalue weighted by molar-refractivity contribution is 7.99. The lowest BCUT2D eigenvalue weighted by Gasteiger charge is -2.18. The van der Waals surface area contributed by atoms with E-state index >= 15 is 0 Å². The lowest BCUT2D eigenvalue weighted by Crippen LogP contribution is -2.42. The Morgan fingerprint density at radius 2 is 2.27 bits per heavy atom. The largest absolute Gasteiger partial charge is 0.496 e. The molecule has 22 heavy (non-hydrogen) atoms. The number of nitrogens with one attached hydrogen (secondary N) is 2. The molecule has 0 amide bonds. The molecule has 2 N–H and O–H groups in total. The number of halogens is 1. The van der Waals surface area contributed by atoms with E-state index in [1.165, 1.54) is 19.3 Å². The number of methoxy groups -OCH3 is 1. The second-order valence-electron chi connectivity index (χ2n) is 5.39. The van der Waals surface area contributed by atoms with Crippen LogP contribution in [-0.2, 0) is 6.54 Å². The van der Waals surface area contributed by atoms with Crippen LogP contribution < -0.4 is 15.4 Å².